The van der Waals surface area contributed by atoms with Gasteiger partial charge in [-0.3, -0.25) is 9.59 Å². The molecule has 0 bridgehead atoms. The second-order valence-electron chi connectivity index (χ2n) is 7.56. The lowest BCUT2D eigenvalue weighted by Crippen LogP contribution is -2.44. The molecular formula is C25H21IN2O6. The number of ether oxygens (including phenoxy) is 2. The van der Waals surface area contributed by atoms with Gasteiger partial charge in [0.15, 0.2) is 17.5 Å². The number of nitrogens with zero attached hydrogens (tertiary/aromatic N) is 1. The van der Waals surface area contributed by atoms with Crippen LogP contribution in [0, 0.1) is 3.57 Å². The largest absolute Gasteiger partial charge is 0.493 e. The van der Waals surface area contributed by atoms with Crippen LogP contribution < -0.4 is 14.8 Å². The molecule has 1 aliphatic rings. The van der Waals surface area contributed by atoms with Crippen molar-refractivity contribution in [1.82, 2.24) is 4.90 Å². The molecule has 34 heavy (non-hydrogen) atoms. The number of methoxy groups -OCH3 is 2. The first-order valence-corrected chi connectivity index (χ1v) is 11.4. The van der Waals surface area contributed by atoms with Crippen molar-refractivity contribution in [2.24, 2.45) is 0 Å². The summed E-state index contributed by atoms with van der Waals surface area (Å²) in [5.74, 6) is -1.59. The van der Waals surface area contributed by atoms with Crippen LogP contribution in [0.3, 0.4) is 0 Å². The first kappa shape index (κ1) is 23.6. The first-order valence-electron chi connectivity index (χ1n) is 10.3. The number of anilines is 1. The van der Waals surface area contributed by atoms with E-state index in [0.29, 0.717) is 28.3 Å². The molecule has 1 aliphatic heterocycles. The number of amides is 2. The zero-order chi connectivity index (χ0) is 24.4. The third-order valence-electron chi connectivity index (χ3n) is 5.58. The lowest BCUT2D eigenvalue weighted by molar-refractivity contribution is -0.144. The lowest BCUT2D eigenvalue weighted by atomic mass is 9.97. The minimum atomic E-state index is -1.42. The Balaban J connectivity index is 1.97. The number of carbonyl (C=O) groups excluding carboxylic acids is 2. The molecule has 2 unspecified atom stereocenters. The molecule has 0 radical (unpaired) electrons. The van der Waals surface area contributed by atoms with Gasteiger partial charge in [0.2, 0.25) is 0 Å². The number of hydrogen-bond acceptors (Lipinski definition) is 5. The molecule has 9 heteroatoms. The predicted molar refractivity (Wildman–Crippen MR) is 133 cm³/mol. The van der Waals surface area contributed by atoms with Crippen molar-refractivity contribution in [2.45, 2.75) is 12.1 Å². The average molecular weight is 572 g/mol. The minimum absolute atomic E-state index is 0.213. The quantitative estimate of drug-likeness (QED) is 0.428. The van der Waals surface area contributed by atoms with E-state index in [9.17, 15) is 19.5 Å². The molecule has 174 valence electrons. The van der Waals surface area contributed by atoms with Crippen LogP contribution in [0.4, 0.5) is 5.69 Å². The van der Waals surface area contributed by atoms with Crippen LogP contribution in [-0.4, -0.2) is 42.0 Å². The summed E-state index contributed by atoms with van der Waals surface area (Å²) in [6.45, 7) is 0. The zero-order valence-electron chi connectivity index (χ0n) is 18.3. The van der Waals surface area contributed by atoms with Crippen LogP contribution in [0.15, 0.2) is 66.7 Å². The number of carboxylic acids is 1. The van der Waals surface area contributed by atoms with E-state index in [0.717, 1.165) is 8.47 Å². The molecule has 0 fully saturated rings. The molecule has 3 aromatic carbocycles. The molecule has 0 saturated heterocycles. The fourth-order valence-electron chi connectivity index (χ4n) is 4.04. The fourth-order valence-corrected chi connectivity index (χ4v) is 4.54. The van der Waals surface area contributed by atoms with Crippen molar-refractivity contribution in [3.63, 3.8) is 0 Å². The molecule has 2 atom stereocenters. The summed E-state index contributed by atoms with van der Waals surface area (Å²) in [6, 6.07) is 15.6. The fraction of sp³-hybridized carbons (Fsp3) is 0.160. The van der Waals surface area contributed by atoms with Gasteiger partial charge in [0, 0.05) is 3.57 Å². The third-order valence-corrected chi connectivity index (χ3v) is 6.25. The average Bonchev–Trinajstić information content (AvgIpc) is 2.93. The van der Waals surface area contributed by atoms with E-state index in [4.69, 9.17) is 9.47 Å². The molecule has 0 aliphatic carbocycles. The van der Waals surface area contributed by atoms with Crippen molar-refractivity contribution in [3.8, 4) is 11.5 Å². The molecule has 0 spiro atoms. The van der Waals surface area contributed by atoms with E-state index < -0.39 is 29.9 Å². The summed E-state index contributed by atoms with van der Waals surface area (Å²) in [6.07, 6.45) is 0. The summed E-state index contributed by atoms with van der Waals surface area (Å²) in [4.78, 5) is 41.2. The Hall–Kier alpha value is -3.60. The van der Waals surface area contributed by atoms with E-state index in [2.05, 4.69) is 27.9 Å². The Labute approximate surface area is 209 Å². The Morgan fingerprint density at radius 1 is 1.00 bits per heavy atom. The highest BCUT2D eigenvalue weighted by Crippen LogP contribution is 2.40. The van der Waals surface area contributed by atoms with Gasteiger partial charge in [-0.1, -0.05) is 36.4 Å². The number of rotatable bonds is 6. The van der Waals surface area contributed by atoms with Crippen LogP contribution in [0.1, 0.15) is 33.6 Å². The SMILES string of the molecule is COc1ccc(C2C(=O)Nc3ccc(I)cc3C(=O)N2C(C(=O)O)c2ccccc2)cc1OC. The Bertz CT molecular complexity index is 1260. The normalized spacial score (nSPS) is 16.2. The number of aliphatic carboxylic acids is 1. The molecule has 2 amide bonds. The van der Waals surface area contributed by atoms with E-state index in [1.807, 2.05) is 0 Å². The summed E-state index contributed by atoms with van der Waals surface area (Å²) < 4.78 is 11.5. The molecule has 1 heterocycles. The van der Waals surface area contributed by atoms with Gasteiger partial charge < -0.3 is 24.8 Å². The Morgan fingerprint density at radius 3 is 2.35 bits per heavy atom. The number of carboxylic acid groups (broad SMARTS) is 1. The van der Waals surface area contributed by atoms with Gasteiger partial charge in [0.25, 0.3) is 11.8 Å². The summed E-state index contributed by atoms with van der Waals surface area (Å²) in [5, 5.41) is 13.1. The highest BCUT2D eigenvalue weighted by atomic mass is 127. The molecule has 0 saturated carbocycles. The minimum Gasteiger partial charge on any atom is -0.493 e. The van der Waals surface area contributed by atoms with Gasteiger partial charge in [-0.2, -0.15) is 0 Å². The number of halogens is 1. The van der Waals surface area contributed by atoms with Gasteiger partial charge in [-0.15, -0.1) is 0 Å². The van der Waals surface area contributed by atoms with E-state index in [1.54, 1.807) is 66.7 Å². The molecular weight excluding hydrogens is 551 g/mol. The molecule has 8 nitrogen and oxygen atoms in total. The maximum atomic E-state index is 13.9. The van der Waals surface area contributed by atoms with Gasteiger partial charge in [-0.25, -0.2) is 4.79 Å². The smallest absolute Gasteiger partial charge is 0.331 e. The molecule has 3 aromatic rings. The zero-order valence-corrected chi connectivity index (χ0v) is 20.5. The number of carbonyl (C=O) groups is 3. The van der Waals surface area contributed by atoms with Gasteiger partial charge in [0.1, 0.15) is 6.04 Å². The van der Waals surface area contributed by atoms with E-state index >= 15 is 0 Å². The summed E-state index contributed by atoms with van der Waals surface area (Å²) in [7, 11) is 2.94. The topological polar surface area (TPSA) is 105 Å². The van der Waals surface area contributed by atoms with Crippen molar-refractivity contribution in [3.05, 3.63) is 87.0 Å². The highest BCUT2D eigenvalue weighted by Gasteiger charge is 2.44. The maximum Gasteiger partial charge on any atom is 0.331 e. The van der Waals surface area contributed by atoms with Gasteiger partial charge in [-0.05, 0) is 64.0 Å². The molecule has 2 N–H and O–H groups in total. The van der Waals surface area contributed by atoms with Crippen LogP contribution in [-0.2, 0) is 9.59 Å². The molecule has 4 rings (SSSR count). The number of benzene rings is 3. The summed E-state index contributed by atoms with van der Waals surface area (Å²) >= 11 is 2.07. The van der Waals surface area contributed by atoms with Crippen molar-refractivity contribution >= 4 is 46.1 Å². The van der Waals surface area contributed by atoms with Crippen molar-refractivity contribution in [1.29, 1.82) is 0 Å². The lowest BCUT2D eigenvalue weighted by Gasteiger charge is -2.34. The summed E-state index contributed by atoms with van der Waals surface area (Å²) in [5.41, 5.74) is 1.29. The van der Waals surface area contributed by atoms with Gasteiger partial charge >= 0.3 is 5.97 Å². The Kier molecular flexibility index (Phi) is 6.73. The third kappa shape index (κ3) is 4.30. The highest BCUT2D eigenvalue weighted by molar-refractivity contribution is 14.1. The van der Waals surface area contributed by atoms with E-state index in [1.165, 1.54) is 14.2 Å². The number of fused-ring (bicyclic) bond motifs is 1. The first-order chi connectivity index (χ1) is 16.3. The van der Waals surface area contributed by atoms with Crippen LogP contribution in [0.25, 0.3) is 0 Å². The number of hydrogen-bond donors (Lipinski definition) is 2. The second kappa shape index (κ2) is 9.72. The van der Waals surface area contributed by atoms with Gasteiger partial charge in [0.05, 0.1) is 25.5 Å². The monoisotopic (exact) mass is 572 g/mol. The standard InChI is InChI=1S/C25H21IN2O6/c1-33-19-11-8-15(12-20(19)34-2)21-23(29)27-18-10-9-16(26)13-17(18)24(30)28(21)22(25(31)32)14-6-4-3-5-7-14/h3-13,21-22H,1-2H3,(H,27,29)(H,31,32). The maximum absolute atomic E-state index is 13.9. The van der Waals surface area contributed by atoms with Crippen LogP contribution in [0.2, 0.25) is 0 Å². The Morgan fingerprint density at radius 2 is 1.71 bits per heavy atom. The molecule has 0 aromatic heterocycles. The number of nitrogens with one attached hydrogen (secondary N) is 1. The van der Waals surface area contributed by atoms with Crippen molar-refractivity contribution < 1.29 is 29.0 Å². The predicted octanol–water partition coefficient (Wildman–Crippen LogP) is 4.27. The van der Waals surface area contributed by atoms with E-state index in [-0.39, 0.29) is 5.56 Å². The van der Waals surface area contributed by atoms with Crippen molar-refractivity contribution in [2.75, 3.05) is 19.5 Å². The second-order valence-corrected chi connectivity index (χ2v) is 8.81. The van der Waals surface area contributed by atoms with Crippen LogP contribution >= 0.6 is 22.6 Å². The van der Waals surface area contributed by atoms with Crippen LogP contribution in [0.5, 0.6) is 11.5 Å².